The van der Waals surface area contributed by atoms with Crippen molar-refractivity contribution in [3.05, 3.63) is 35.8 Å². The van der Waals surface area contributed by atoms with Gasteiger partial charge in [-0.1, -0.05) is 0 Å². The lowest BCUT2D eigenvalue weighted by Gasteiger charge is -2.22. The van der Waals surface area contributed by atoms with Crippen molar-refractivity contribution in [3.63, 3.8) is 0 Å². The highest BCUT2D eigenvalue weighted by molar-refractivity contribution is 5.79. The van der Waals surface area contributed by atoms with Crippen LogP contribution in [0.2, 0.25) is 0 Å². The number of hydrogen-bond acceptors (Lipinski definition) is 5. The maximum atomic E-state index is 10.6. The van der Waals surface area contributed by atoms with Crippen molar-refractivity contribution in [1.29, 1.82) is 0 Å². The van der Waals surface area contributed by atoms with Gasteiger partial charge in [-0.2, -0.15) is 0 Å². The molecule has 2 aromatic heterocycles. The summed E-state index contributed by atoms with van der Waals surface area (Å²) in [4.78, 5) is 4.50. The van der Waals surface area contributed by atoms with Gasteiger partial charge in [0.15, 0.2) is 11.8 Å². The van der Waals surface area contributed by atoms with Gasteiger partial charge in [0, 0.05) is 13.1 Å². The van der Waals surface area contributed by atoms with E-state index >= 15 is 0 Å². The van der Waals surface area contributed by atoms with E-state index < -0.39 is 5.60 Å². The normalized spacial score (nSPS) is 14.5. The first-order valence-corrected chi connectivity index (χ1v) is 8.14. The molecule has 2 heterocycles. The molecular formula is C16H26N6O2. The number of aryl methyl sites for hydroxylation is 2. The Morgan fingerprint density at radius 2 is 2.17 bits per heavy atom. The van der Waals surface area contributed by atoms with Crippen LogP contribution < -0.4 is 10.6 Å². The monoisotopic (exact) mass is 334 g/mol. The summed E-state index contributed by atoms with van der Waals surface area (Å²) in [6.45, 7) is 9.76. The molecule has 0 saturated heterocycles. The third-order valence-electron chi connectivity index (χ3n) is 3.63. The van der Waals surface area contributed by atoms with E-state index in [1.807, 2.05) is 31.4 Å². The molecule has 0 spiro atoms. The Bertz CT molecular complexity index is 674. The SMILES string of the molecule is CCNC(=NCc1nncn1CC)NCC(C)(O)c1ccc(C)o1. The first-order valence-electron chi connectivity index (χ1n) is 8.14. The van der Waals surface area contributed by atoms with Gasteiger partial charge in [0.2, 0.25) is 0 Å². The van der Waals surface area contributed by atoms with Crippen LogP contribution >= 0.6 is 0 Å². The molecule has 2 rings (SSSR count). The summed E-state index contributed by atoms with van der Waals surface area (Å²) < 4.78 is 7.46. The summed E-state index contributed by atoms with van der Waals surface area (Å²) in [6.07, 6.45) is 1.69. The number of aliphatic hydroxyl groups is 1. The summed E-state index contributed by atoms with van der Waals surface area (Å²) in [5.41, 5.74) is -1.13. The molecule has 2 aromatic rings. The van der Waals surface area contributed by atoms with E-state index in [9.17, 15) is 5.11 Å². The van der Waals surface area contributed by atoms with Crippen molar-refractivity contribution in [2.45, 2.75) is 46.4 Å². The van der Waals surface area contributed by atoms with Crippen molar-refractivity contribution < 1.29 is 9.52 Å². The lowest BCUT2D eigenvalue weighted by Crippen LogP contribution is -2.44. The Hall–Kier alpha value is -2.35. The van der Waals surface area contributed by atoms with Crippen LogP contribution in [0.3, 0.4) is 0 Å². The number of hydrogen-bond donors (Lipinski definition) is 3. The molecular weight excluding hydrogens is 308 g/mol. The van der Waals surface area contributed by atoms with E-state index in [4.69, 9.17) is 4.42 Å². The summed E-state index contributed by atoms with van der Waals surface area (Å²) in [7, 11) is 0. The van der Waals surface area contributed by atoms with E-state index in [0.29, 0.717) is 24.8 Å². The third-order valence-corrected chi connectivity index (χ3v) is 3.63. The first-order chi connectivity index (χ1) is 11.5. The average molecular weight is 334 g/mol. The van der Waals surface area contributed by atoms with Crippen molar-refractivity contribution in [3.8, 4) is 0 Å². The van der Waals surface area contributed by atoms with Crippen LogP contribution in [0.5, 0.6) is 0 Å². The number of nitrogens with zero attached hydrogens (tertiary/aromatic N) is 4. The molecule has 0 aliphatic rings. The van der Waals surface area contributed by atoms with Gasteiger partial charge in [-0.15, -0.1) is 10.2 Å². The van der Waals surface area contributed by atoms with Gasteiger partial charge in [0.25, 0.3) is 0 Å². The topological polar surface area (TPSA) is 100 Å². The Kier molecular flexibility index (Phi) is 5.97. The molecule has 0 fully saturated rings. The fraction of sp³-hybridized carbons (Fsp3) is 0.562. The minimum Gasteiger partial charge on any atom is -0.463 e. The Balaban J connectivity index is 2.01. The van der Waals surface area contributed by atoms with E-state index in [0.717, 1.165) is 18.1 Å². The summed E-state index contributed by atoms with van der Waals surface area (Å²) in [5.74, 6) is 2.69. The molecule has 1 atom stereocenters. The largest absolute Gasteiger partial charge is 0.463 e. The second kappa shape index (κ2) is 7.96. The minimum atomic E-state index is -1.13. The highest BCUT2D eigenvalue weighted by Crippen LogP contribution is 2.21. The maximum Gasteiger partial charge on any atom is 0.191 e. The van der Waals surface area contributed by atoms with Gasteiger partial charge in [-0.05, 0) is 39.8 Å². The fourth-order valence-corrected chi connectivity index (χ4v) is 2.22. The van der Waals surface area contributed by atoms with Crippen LogP contribution in [0.4, 0.5) is 0 Å². The highest BCUT2D eigenvalue weighted by Gasteiger charge is 2.27. The molecule has 24 heavy (non-hydrogen) atoms. The van der Waals surface area contributed by atoms with Gasteiger partial charge >= 0.3 is 0 Å². The van der Waals surface area contributed by atoms with Crippen LogP contribution in [-0.2, 0) is 18.7 Å². The zero-order valence-electron chi connectivity index (χ0n) is 14.7. The average Bonchev–Trinajstić information content (AvgIpc) is 3.18. The number of guanidine groups is 1. The van der Waals surface area contributed by atoms with Crippen LogP contribution in [0.25, 0.3) is 0 Å². The van der Waals surface area contributed by atoms with E-state index in [2.05, 4.69) is 25.8 Å². The standard InChI is InChI=1S/C16H26N6O2/c1-5-17-15(18-9-14-21-20-11-22(14)6-2)19-10-16(4,23)13-8-7-12(3)24-13/h7-8,11,23H,5-6,9-10H2,1-4H3,(H2,17,18,19). The number of furan rings is 1. The van der Waals surface area contributed by atoms with Gasteiger partial charge in [0.1, 0.15) is 30.0 Å². The second-order valence-corrected chi connectivity index (χ2v) is 5.77. The number of aliphatic imine (C=N–C) groups is 1. The summed E-state index contributed by atoms with van der Waals surface area (Å²) >= 11 is 0. The molecule has 1 unspecified atom stereocenters. The Morgan fingerprint density at radius 1 is 1.38 bits per heavy atom. The van der Waals surface area contributed by atoms with Gasteiger partial charge in [-0.3, -0.25) is 0 Å². The number of aromatic nitrogens is 3. The molecule has 0 radical (unpaired) electrons. The number of rotatable bonds is 7. The van der Waals surface area contributed by atoms with E-state index in [1.54, 1.807) is 19.3 Å². The summed E-state index contributed by atoms with van der Waals surface area (Å²) in [6, 6.07) is 3.62. The molecule has 0 bridgehead atoms. The van der Waals surface area contributed by atoms with Crippen molar-refractivity contribution in [2.75, 3.05) is 13.1 Å². The molecule has 8 nitrogen and oxygen atoms in total. The molecule has 8 heteroatoms. The smallest absolute Gasteiger partial charge is 0.191 e. The van der Waals surface area contributed by atoms with Crippen LogP contribution in [0.1, 0.15) is 38.1 Å². The molecule has 0 amide bonds. The van der Waals surface area contributed by atoms with Gasteiger partial charge in [0.05, 0.1) is 6.54 Å². The minimum absolute atomic E-state index is 0.270. The zero-order chi connectivity index (χ0) is 17.6. The van der Waals surface area contributed by atoms with Crippen LogP contribution in [0.15, 0.2) is 27.9 Å². The lowest BCUT2D eigenvalue weighted by atomic mass is 10.0. The maximum absolute atomic E-state index is 10.6. The first kappa shape index (κ1) is 18.0. The zero-order valence-corrected chi connectivity index (χ0v) is 14.7. The molecule has 0 saturated carbocycles. The van der Waals surface area contributed by atoms with E-state index in [-0.39, 0.29) is 6.54 Å². The van der Waals surface area contributed by atoms with Crippen LogP contribution in [0, 0.1) is 6.92 Å². The Morgan fingerprint density at radius 3 is 2.79 bits per heavy atom. The quantitative estimate of drug-likeness (QED) is 0.519. The molecule has 0 aliphatic heterocycles. The number of nitrogens with one attached hydrogen (secondary N) is 2. The van der Waals surface area contributed by atoms with Crippen molar-refractivity contribution >= 4 is 5.96 Å². The molecule has 132 valence electrons. The molecule has 3 N–H and O–H groups in total. The van der Waals surface area contributed by atoms with Crippen molar-refractivity contribution in [1.82, 2.24) is 25.4 Å². The fourth-order valence-electron chi connectivity index (χ4n) is 2.22. The molecule has 0 aliphatic carbocycles. The predicted octanol–water partition coefficient (Wildman–Crippen LogP) is 1.16. The van der Waals surface area contributed by atoms with Crippen LogP contribution in [-0.4, -0.2) is 38.9 Å². The van der Waals surface area contributed by atoms with Crippen molar-refractivity contribution in [2.24, 2.45) is 4.99 Å². The Labute approximate surface area is 142 Å². The predicted molar refractivity (Wildman–Crippen MR) is 91.5 cm³/mol. The third kappa shape index (κ3) is 4.58. The highest BCUT2D eigenvalue weighted by atomic mass is 16.4. The summed E-state index contributed by atoms with van der Waals surface area (Å²) in [5, 5.41) is 24.8. The second-order valence-electron chi connectivity index (χ2n) is 5.77. The van der Waals surface area contributed by atoms with Gasteiger partial charge < -0.3 is 24.7 Å². The molecule has 0 aromatic carbocycles. The van der Waals surface area contributed by atoms with Gasteiger partial charge in [-0.25, -0.2) is 4.99 Å². The van der Waals surface area contributed by atoms with E-state index in [1.165, 1.54) is 0 Å². The lowest BCUT2D eigenvalue weighted by molar-refractivity contribution is 0.0378.